The van der Waals surface area contributed by atoms with E-state index in [4.69, 9.17) is 46.9 Å². The third-order valence-electron chi connectivity index (χ3n) is 15.0. The number of rotatable bonds is 22. The SMILES string of the molecule is CC(C)CCCOc1cccc2ccccc12.CC(C)CCOc1cccc2ccccc12.CC(C)Cc1ccc(Oc2cccc3ccccc23)cc1.Cc1cc(OCCCC(C)C)cc(C)c1Cl.Cc1cc(Oc2ccc(CC(C)C)cc2)cc(C)c1Cl. The van der Waals surface area contributed by atoms with Crippen LogP contribution in [0.3, 0.4) is 0 Å². The maximum absolute atomic E-state index is 6.17. The van der Waals surface area contributed by atoms with Crippen molar-refractivity contribution in [3.05, 3.63) is 244 Å². The molecule has 0 amide bonds. The van der Waals surface area contributed by atoms with E-state index in [9.17, 15) is 0 Å². The smallest absolute Gasteiger partial charge is 0.135 e. The zero-order valence-electron chi connectivity index (χ0n) is 56.3. The van der Waals surface area contributed by atoms with Gasteiger partial charge in [-0.2, -0.15) is 0 Å². The lowest BCUT2D eigenvalue weighted by molar-refractivity contribution is 0.292. The number of aryl methyl sites for hydroxylation is 4. The van der Waals surface area contributed by atoms with Gasteiger partial charge >= 0.3 is 0 Å². The van der Waals surface area contributed by atoms with Crippen molar-refractivity contribution < 1.29 is 23.7 Å². The first-order chi connectivity index (χ1) is 43.2. The molecule has 0 aromatic heterocycles. The molecule has 0 saturated heterocycles. The van der Waals surface area contributed by atoms with Gasteiger partial charge in [0, 0.05) is 26.2 Å². The van der Waals surface area contributed by atoms with Crippen molar-refractivity contribution in [1.29, 1.82) is 0 Å². The van der Waals surface area contributed by atoms with Gasteiger partial charge in [0.25, 0.3) is 0 Å². The average molecular weight is 1250 g/mol. The highest BCUT2D eigenvalue weighted by atomic mass is 35.5. The highest BCUT2D eigenvalue weighted by Gasteiger charge is 2.09. The van der Waals surface area contributed by atoms with Crippen molar-refractivity contribution in [1.82, 2.24) is 0 Å². The molecule has 0 heterocycles. The van der Waals surface area contributed by atoms with Crippen molar-refractivity contribution in [2.75, 3.05) is 19.8 Å². The molecule has 10 aromatic carbocycles. The topological polar surface area (TPSA) is 46.2 Å². The van der Waals surface area contributed by atoms with Gasteiger partial charge < -0.3 is 23.7 Å². The average Bonchev–Trinajstić information content (AvgIpc) is 1.93. The summed E-state index contributed by atoms with van der Waals surface area (Å²) in [4.78, 5) is 0. The van der Waals surface area contributed by atoms with Crippen molar-refractivity contribution in [3.63, 3.8) is 0 Å². The van der Waals surface area contributed by atoms with Crippen LogP contribution in [0.1, 0.15) is 135 Å². The maximum atomic E-state index is 6.17. The van der Waals surface area contributed by atoms with Gasteiger partial charge in [0.05, 0.1) is 19.8 Å². The molecular weight excluding hydrogens is 1150 g/mol. The predicted octanol–water partition coefficient (Wildman–Crippen LogP) is 25.5. The van der Waals surface area contributed by atoms with Gasteiger partial charge in [-0.05, 0) is 218 Å². The molecule has 0 saturated carbocycles. The highest BCUT2D eigenvalue weighted by molar-refractivity contribution is 6.32. The number of halogens is 2. The molecule has 10 rings (SSSR count). The molecule has 0 radical (unpaired) electrons. The summed E-state index contributed by atoms with van der Waals surface area (Å²) < 4.78 is 29.4. The van der Waals surface area contributed by atoms with Crippen molar-refractivity contribution >= 4 is 55.5 Å². The Labute approximate surface area is 551 Å². The minimum Gasteiger partial charge on any atom is -0.494 e. The third-order valence-corrected chi connectivity index (χ3v) is 16.2. The van der Waals surface area contributed by atoms with Crippen LogP contribution in [0.5, 0.6) is 40.2 Å². The number of benzene rings is 10. The Morgan fingerprint density at radius 2 is 0.633 bits per heavy atom. The van der Waals surface area contributed by atoms with Crippen LogP contribution in [0.15, 0.2) is 200 Å². The Morgan fingerprint density at radius 3 is 1.03 bits per heavy atom. The normalized spacial score (nSPS) is 10.9. The summed E-state index contributed by atoms with van der Waals surface area (Å²) in [5.41, 5.74) is 6.95. The summed E-state index contributed by atoms with van der Waals surface area (Å²) >= 11 is 12.3. The monoisotopic (exact) mass is 1250 g/mol. The number of hydrogen-bond acceptors (Lipinski definition) is 5. The Balaban J connectivity index is 0.000000180. The van der Waals surface area contributed by atoms with E-state index in [0.29, 0.717) is 17.8 Å². The summed E-state index contributed by atoms with van der Waals surface area (Å²) in [7, 11) is 0. The zero-order chi connectivity index (χ0) is 65.0. The van der Waals surface area contributed by atoms with Gasteiger partial charge in [0.15, 0.2) is 0 Å². The van der Waals surface area contributed by atoms with E-state index in [2.05, 4.69) is 197 Å². The number of hydrogen-bond donors (Lipinski definition) is 0. The fraction of sp³-hybridized carbons (Fsp3) is 0.349. The molecule has 0 fully saturated rings. The second-order valence-electron chi connectivity index (χ2n) is 25.7. The van der Waals surface area contributed by atoms with Crippen molar-refractivity contribution in [2.24, 2.45) is 29.6 Å². The highest BCUT2D eigenvalue weighted by Crippen LogP contribution is 2.33. The van der Waals surface area contributed by atoms with E-state index in [1.165, 1.54) is 50.9 Å². The molecule has 0 atom stereocenters. The molecule has 0 spiro atoms. The molecule has 0 aliphatic carbocycles. The minimum absolute atomic E-state index is 0.670. The molecule has 476 valence electrons. The van der Waals surface area contributed by atoms with Crippen LogP contribution in [0.4, 0.5) is 0 Å². The van der Waals surface area contributed by atoms with Gasteiger partial charge in [-0.1, -0.05) is 226 Å². The van der Waals surface area contributed by atoms with Gasteiger partial charge in [-0.3, -0.25) is 0 Å². The third kappa shape index (κ3) is 24.7. The van der Waals surface area contributed by atoms with Crippen LogP contribution in [-0.2, 0) is 12.8 Å². The summed E-state index contributed by atoms with van der Waals surface area (Å²) in [5, 5.41) is 8.89. The molecule has 7 heteroatoms. The molecule has 10 aromatic rings. The van der Waals surface area contributed by atoms with E-state index >= 15 is 0 Å². The van der Waals surface area contributed by atoms with E-state index in [1.54, 1.807) is 0 Å². The standard InChI is InChI=1S/C20H20O.C18H21ClO.C16H20O.C15H18O.C14H21ClO/c1-15(2)14-16-10-12-18(13-11-16)21-20-9-5-7-17-6-3-4-8-19(17)20;1-12(2)9-15-5-7-16(8-6-15)20-17-10-13(3)18(19)14(4)11-17;1-13(2)7-6-12-17-16-11-5-9-14-8-3-4-10-15(14)16;1-12(2)10-11-16-15-9-5-7-13-6-3-4-8-14(13)15;1-10(2)6-5-7-16-13-8-11(3)14(15)12(4)9-13/h3-13,15H,14H2,1-2H3;5-8,10-12H,9H2,1-4H3;3-5,8-11,13H,6-7,12H2,1-2H3;3-9,12H,10-11H2,1-2H3;8-10H,5-7H2,1-4H3. The Morgan fingerprint density at radius 1 is 0.300 bits per heavy atom. The first-order valence-electron chi connectivity index (χ1n) is 32.6. The lowest BCUT2D eigenvalue weighted by Gasteiger charge is -2.11. The fourth-order valence-corrected chi connectivity index (χ4v) is 10.5. The first kappa shape index (κ1) is 71.6. The van der Waals surface area contributed by atoms with Gasteiger partial charge in [0.1, 0.15) is 40.2 Å². The van der Waals surface area contributed by atoms with E-state index in [0.717, 1.165) is 142 Å². The van der Waals surface area contributed by atoms with Crippen molar-refractivity contribution in [2.45, 2.75) is 142 Å². The van der Waals surface area contributed by atoms with E-state index in [-0.39, 0.29) is 0 Å². The molecule has 0 bridgehead atoms. The minimum atomic E-state index is 0.670. The zero-order valence-corrected chi connectivity index (χ0v) is 57.8. The van der Waals surface area contributed by atoms with Crippen LogP contribution in [-0.4, -0.2) is 19.8 Å². The first-order valence-corrected chi connectivity index (χ1v) is 33.4. The lowest BCUT2D eigenvalue weighted by atomic mass is 10.0. The van der Waals surface area contributed by atoms with Crippen LogP contribution in [0.2, 0.25) is 10.0 Å². The summed E-state index contributed by atoms with van der Waals surface area (Å²) in [6, 6.07) is 68.3. The Kier molecular flexibility index (Phi) is 30.0. The van der Waals surface area contributed by atoms with Gasteiger partial charge in [-0.25, -0.2) is 0 Å². The predicted molar refractivity (Wildman–Crippen MR) is 388 cm³/mol. The number of fused-ring (bicyclic) bond motifs is 3. The molecule has 0 aliphatic heterocycles. The number of ether oxygens (including phenoxy) is 5. The second kappa shape index (κ2) is 37.7. The second-order valence-corrected chi connectivity index (χ2v) is 26.4. The molecule has 0 N–H and O–H groups in total. The van der Waals surface area contributed by atoms with Crippen LogP contribution >= 0.6 is 23.2 Å². The lowest BCUT2D eigenvalue weighted by Crippen LogP contribution is -2.01. The van der Waals surface area contributed by atoms with Crippen molar-refractivity contribution in [3.8, 4) is 40.2 Å². The summed E-state index contributed by atoms with van der Waals surface area (Å²) in [6.45, 7) is 32.7. The fourth-order valence-electron chi connectivity index (χ4n) is 10.2. The van der Waals surface area contributed by atoms with E-state index in [1.807, 2.05) is 100 Å². The molecule has 90 heavy (non-hydrogen) atoms. The van der Waals surface area contributed by atoms with Crippen LogP contribution in [0.25, 0.3) is 32.3 Å². The largest absolute Gasteiger partial charge is 0.494 e. The molecule has 5 nitrogen and oxygen atoms in total. The van der Waals surface area contributed by atoms with Crippen LogP contribution in [0, 0.1) is 57.3 Å². The Bertz CT molecular complexity index is 3650. The molecular formula is C83H100Cl2O5. The molecule has 0 unspecified atom stereocenters. The maximum Gasteiger partial charge on any atom is 0.135 e. The quantitative estimate of drug-likeness (QED) is 0.0633. The van der Waals surface area contributed by atoms with Gasteiger partial charge in [0.2, 0.25) is 0 Å². The summed E-state index contributed by atoms with van der Waals surface area (Å²) in [6.07, 6.45) is 7.98. The van der Waals surface area contributed by atoms with Crippen LogP contribution < -0.4 is 23.7 Å². The molecule has 0 aliphatic rings. The summed E-state index contributed by atoms with van der Waals surface area (Å²) in [5.74, 6) is 9.97. The Hall–Kier alpha value is -7.44. The van der Waals surface area contributed by atoms with E-state index < -0.39 is 0 Å². The van der Waals surface area contributed by atoms with Gasteiger partial charge in [-0.15, -0.1) is 0 Å².